The summed E-state index contributed by atoms with van der Waals surface area (Å²) in [6.45, 7) is 32.1. The highest BCUT2D eigenvalue weighted by atomic mass is 16.5. The Kier molecular flexibility index (Phi) is 22.3. The Hall–Kier alpha value is -4.50. The van der Waals surface area contributed by atoms with E-state index in [1.165, 1.54) is 0 Å². The van der Waals surface area contributed by atoms with Crippen LogP contribution < -0.4 is 28.4 Å². The highest BCUT2D eigenvalue weighted by molar-refractivity contribution is 5.81. The zero-order valence-electron chi connectivity index (χ0n) is 40.2. The third-order valence-electron chi connectivity index (χ3n) is 11.9. The van der Waals surface area contributed by atoms with Gasteiger partial charge in [-0.15, -0.1) is 6.42 Å². The third-order valence-corrected chi connectivity index (χ3v) is 11.9. The molecule has 0 N–H and O–H groups in total. The third kappa shape index (κ3) is 16.7. The van der Waals surface area contributed by atoms with Crippen LogP contribution in [-0.4, -0.2) is 39.6 Å². The maximum Gasteiger partial charge on any atom is 0.135 e. The van der Waals surface area contributed by atoms with Crippen molar-refractivity contribution in [3.8, 4) is 46.8 Å². The molecule has 0 radical (unpaired) electrons. The summed E-state index contributed by atoms with van der Waals surface area (Å²) >= 11 is 0. The summed E-state index contributed by atoms with van der Waals surface area (Å²) < 4.78 is 39.0. The molecule has 0 aromatic heterocycles. The quantitative estimate of drug-likeness (QED) is 0.0536. The molecule has 61 heavy (non-hydrogen) atoms. The Labute approximate surface area is 371 Å². The Bertz CT molecular complexity index is 1870. The lowest BCUT2D eigenvalue weighted by atomic mass is 10.0. The molecule has 0 saturated carbocycles. The highest BCUT2D eigenvalue weighted by Gasteiger charge is 2.17. The van der Waals surface area contributed by atoms with Gasteiger partial charge in [-0.05, 0) is 78.3 Å². The topological polar surface area (TPSA) is 55.4 Å². The molecule has 0 heterocycles. The van der Waals surface area contributed by atoms with Gasteiger partial charge in [-0.2, -0.15) is 0 Å². The molecule has 0 unspecified atom stereocenters. The molecular weight excluding hydrogens is 757 g/mol. The molecular formula is C55H80O6. The molecule has 0 spiro atoms. The largest absolute Gasteiger partial charge is 0.493 e. The standard InChI is InChI=1S/C55H80O6/c1-15-38(8)32-56-50-28-46(51(26-44(50)14)57-33-39(9)16-2)22-23-48-30-55(61-37-43(13)20-6)49(31-54(48)60-36-42(12)19-5)25-24-47-29-52(58-34-40(10)17-3)45(21-7)27-53(47)59-35-41(11)18-4/h7,22-31,38-43H,15-20,32-37H2,1-6,8-14H3/b23-22+,25-24+/t38-,39-,40-,41-,42-,43-/m0/s1. The number of terminal acetylenes is 1. The average molecular weight is 837 g/mol. The van der Waals surface area contributed by atoms with Gasteiger partial charge in [0.1, 0.15) is 34.5 Å². The summed E-state index contributed by atoms with van der Waals surface area (Å²) in [5.41, 5.74) is 5.42. The fourth-order valence-electron chi connectivity index (χ4n) is 5.71. The summed E-state index contributed by atoms with van der Waals surface area (Å²) in [7, 11) is 0. The van der Waals surface area contributed by atoms with Crippen molar-refractivity contribution in [2.24, 2.45) is 35.5 Å². The van der Waals surface area contributed by atoms with Crippen molar-refractivity contribution in [1.82, 2.24) is 0 Å². The molecule has 0 aliphatic heterocycles. The molecule has 3 aromatic carbocycles. The maximum atomic E-state index is 6.67. The monoisotopic (exact) mass is 837 g/mol. The van der Waals surface area contributed by atoms with E-state index in [1.807, 2.05) is 12.1 Å². The van der Waals surface area contributed by atoms with Crippen LogP contribution in [0.25, 0.3) is 24.3 Å². The van der Waals surface area contributed by atoms with Crippen LogP contribution in [0.3, 0.4) is 0 Å². The summed E-state index contributed by atoms with van der Waals surface area (Å²) in [5.74, 6) is 9.97. The number of ether oxygens (including phenoxy) is 6. The second-order valence-electron chi connectivity index (χ2n) is 17.7. The van der Waals surface area contributed by atoms with E-state index in [2.05, 4.69) is 144 Å². The molecule has 0 amide bonds. The minimum Gasteiger partial charge on any atom is -0.493 e. The van der Waals surface area contributed by atoms with Gasteiger partial charge in [-0.3, -0.25) is 0 Å². The zero-order valence-corrected chi connectivity index (χ0v) is 40.2. The van der Waals surface area contributed by atoms with Crippen molar-refractivity contribution in [1.29, 1.82) is 0 Å². The second kappa shape index (κ2) is 26.8. The molecule has 0 saturated heterocycles. The molecule has 6 nitrogen and oxygen atoms in total. The molecule has 0 aliphatic carbocycles. The molecule has 336 valence electrons. The van der Waals surface area contributed by atoms with Crippen LogP contribution >= 0.6 is 0 Å². The van der Waals surface area contributed by atoms with Crippen LogP contribution in [0.15, 0.2) is 36.4 Å². The molecule has 0 fully saturated rings. The van der Waals surface area contributed by atoms with Gasteiger partial charge in [0, 0.05) is 28.3 Å². The first-order valence-electron chi connectivity index (χ1n) is 23.4. The van der Waals surface area contributed by atoms with Crippen LogP contribution in [0, 0.1) is 54.8 Å². The minimum atomic E-state index is 0.380. The van der Waals surface area contributed by atoms with E-state index in [-0.39, 0.29) is 0 Å². The van der Waals surface area contributed by atoms with E-state index in [4.69, 9.17) is 34.8 Å². The molecule has 6 heteroatoms. The predicted octanol–water partition coefficient (Wildman–Crippen LogP) is 14.9. The van der Waals surface area contributed by atoms with E-state index >= 15 is 0 Å². The van der Waals surface area contributed by atoms with E-state index in [0.717, 1.165) is 95.1 Å². The van der Waals surface area contributed by atoms with Gasteiger partial charge in [-0.1, -0.05) is 152 Å². The predicted molar refractivity (Wildman–Crippen MR) is 260 cm³/mol. The van der Waals surface area contributed by atoms with Crippen LogP contribution in [0.4, 0.5) is 0 Å². The fraction of sp³-hybridized carbons (Fsp3) is 0.564. The van der Waals surface area contributed by atoms with Gasteiger partial charge in [0.15, 0.2) is 0 Å². The van der Waals surface area contributed by atoms with E-state index in [1.54, 1.807) is 0 Å². The number of hydrogen-bond donors (Lipinski definition) is 0. The first kappa shape index (κ1) is 50.9. The van der Waals surface area contributed by atoms with Crippen LogP contribution in [0.5, 0.6) is 34.5 Å². The number of rotatable bonds is 28. The van der Waals surface area contributed by atoms with Crippen LogP contribution in [0.1, 0.15) is 155 Å². The van der Waals surface area contributed by atoms with Crippen LogP contribution in [0.2, 0.25) is 0 Å². The van der Waals surface area contributed by atoms with Gasteiger partial charge in [0.25, 0.3) is 0 Å². The Morgan fingerprint density at radius 3 is 0.951 bits per heavy atom. The van der Waals surface area contributed by atoms with Gasteiger partial charge in [0.05, 0.1) is 45.2 Å². The van der Waals surface area contributed by atoms with Gasteiger partial charge in [-0.25, -0.2) is 0 Å². The summed E-state index contributed by atoms with van der Waals surface area (Å²) in [5, 5.41) is 0. The van der Waals surface area contributed by atoms with E-state index in [9.17, 15) is 0 Å². The lowest BCUT2D eigenvalue weighted by Gasteiger charge is -2.19. The fourth-order valence-corrected chi connectivity index (χ4v) is 5.71. The molecule has 3 rings (SSSR count). The zero-order chi connectivity index (χ0) is 44.9. The number of aryl methyl sites for hydroxylation is 1. The van der Waals surface area contributed by atoms with Gasteiger partial charge in [0.2, 0.25) is 0 Å². The number of hydrogen-bond acceptors (Lipinski definition) is 6. The van der Waals surface area contributed by atoms with Gasteiger partial charge >= 0.3 is 0 Å². The van der Waals surface area contributed by atoms with Crippen molar-refractivity contribution >= 4 is 24.3 Å². The lowest BCUT2D eigenvalue weighted by Crippen LogP contribution is -2.10. The van der Waals surface area contributed by atoms with E-state index in [0.29, 0.717) is 86.5 Å². The first-order chi connectivity index (χ1) is 29.3. The van der Waals surface area contributed by atoms with Crippen molar-refractivity contribution < 1.29 is 28.4 Å². The van der Waals surface area contributed by atoms with Crippen LogP contribution in [-0.2, 0) is 0 Å². The van der Waals surface area contributed by atoms with E-state index < -0.39 is 0 Å². The summed E-state index contributed by atoms with van der Waals surface area (Å²) in [6, 6.07) is 12.4. The van der Waals surface area contributed by atoms with Crippen molar-refractivity contribution in [2.75, 3.05) is 39.6 Å². The lowest BCUT2D eigenvalue weighted by molar-refractivity contribution is 0.248. The molecule has 6 atom stereocenters. The smallest absolute Gasteiger partial charge is 0.135 e. The maximum absolute atomic E-state index is 6.67. The minimum absolute atomic E-state index is 0.380. The Balaban J connectivity index is 2.24. The van der Waals surface area contributed by atoms with Gasteiger partial charge < -0.3 is 28.4 Å². The SMILES string of the molecule is C#Cc1cc(OC[C@@H](C)CC)c(/C=C/c2cc(OC[C@@H](C)CC)c(/C=C/c3cc(OC[C@@H](C)CC)c(C)cc3OC[C@@H](C)CC)cc2OC[C@@H](C)CC)cc1OC[C@@H](C)CC. The van der Waals surface area contributed by atoms with Crippen molar-refractivity contribution in [3.63, 3.8) is 0 Å². The van der Waals surface area contributed by atoms with Crippen molar-refractivity contribution in [3.05, 3.63) is 69.8 Å². The second-order valence-corrected chi connectivity index (χ2v) is 17.7. The average Bonchev–Trinajstić information content (AvgIpc) is 3.28. The Morgan fingerprint density at radius 1 is 0.393 bits per heavy atom. The molecule has 3 aromatic rings. The Morgan fingerprint density at radius 2 is 0.639 bits per heavy atom. The number of benzene rings is 3. The normalized spacial score (nSPS) is 14.6. The molecule has 0 bridgehead atoms. The van der Waals surface area contributed by atoms with Crippen molar-refractivity contribution in [2.45, 2.75) is 129 Å². The summed E-state index contributed by atoms with van der Waals surface area (Å²) in [6.07, 6.45) is 20.6. The molecule has 0 aliphatic rings. The first-order valence-corrected chi connectivity index (χ1v) is 23.4. The summed E-state index contributed by atoms with van der Waals surface area (Å²) in [4.78, 5) is 0. The highest BCUT2D eigenvalue weighted by Crippen LogP contribution is 2.37.